The van der Waals surface area contributed by atoms with Gasteiger partial charge in [-0.1, -0.05) is 42.5 Å². The van der Waals surface area contributed by atoms with Gasteiger partial charge < -0.3 is 5.11 Å². The molecule has 2 nitrogen and oxygen atoms in total. The zero-order valence-electron chi connectivity index (χ0n) is 11.5. The highest BCUT2D eigenvalue weighted by Crippen LogP contribution is 2.18. The van der Waals surface area contributed by atoms with Crippen molar-refractivity contribution < 1.29 is 5.11 Å². The van der Waals surface area contributed by atoms with Crippen LogP contribution in [0, 0.1) is 0 Å². The maximum atomic E-state index is 10.3. The molecule has 0 aliphatic carbocycles. The van der Waals surface area contributed by atoms with Crippen molar-refractivity contribution in [2.75, 3.05) is 0 Å². The minimum atomic E-state index is -0.401. The third-order valence-electron chi connectivity index (χ3n) is 3.52. The molecule has 0 radical (unpaired) electrons. The van der Waals surface area contributed by atoms with E-state index >= 15 is 0 Å². The van der Waals surface area contributed by atoms with Gasteiger partial charge in [0.1, 0.15) is 0 Å². The predicted octanol–water partition coefficient (Wildman–Crippen LogP) is 4.14. The molecule has 0 saturated heterocycles. The molecule has 1 heterocycles. The van der Waals surface area contributed by atoms with Crippen LogP contribution in [0.3, 0.4) is 0 Å². The maximum Gasteiger partial charge on any atom is 0.0621 e. The van der Waals surface area contributed by atoms with Gasteiger partial charge in [0.15, 0.2) is 0 Å². The van der Waals surface area contributed by atoms with Crippen LogP contribution in [0.1, 0.15) is 11.1 Å². The molecule has 0 saturated carbocycles. The summed E-state index contributed by atoms with van der Waals surface area (Å²) in [5.74, 6) is 0. The van der Waals surface area contributed by atoms with Crippen molar-refractivity contribution >= 4 is 26.7 Å². The minimum Gasteiger partial charge on any atom is -0.392 e. The summed E-state index contributed by atoms with van der Waals surface area (Å²) in [6.45, 7) is 0. The molecule has 1 N–H and O–H groups in total. The monoisotopic (exact) mass is 341 g/mol. The lowest BCUT2D eigenvalue weighted by Gasteiger charge is -2.11. The molecule has 3 heteroatoms. The molecule has 0 bridgehead atoms. The molecular weight excluding hydrogens is 326 g/mol. The number of nitrogens with zero attached hydrogens (tertiary/aromatic N) is 1. The highest BCUT2D eigenvalue weighted by atomic mass is 79.9. The number of halogens is 1. The summed E-state index contributed by atoms with van der Waals surface area (Å²) >= 11 is 3.40. The van der Waals surface area contributed by atoms with E-state index in [1.807, 2.05) is 18.2 Å². The Hall–Kier alpha value is -1.71. The van der Waals surface area contributed by atoms with E-state index in [0.717, 1.165) is 15.6 Å². The van der Waals surface area contributed by atoms with Crippen molar-refractivity contribution in [3.63, 3.8) is 0 Å². The number of hydrogen-bond acceptors (Lipinski definition) is 2. The van der Waals surface area contributed by atoms with Crippen LogP contribution in [0.25, 0.3) is 10.8 Å². The van der Waals surface area contributed by atoms with Crippen LogP contribution in [-0.4, -0.2) is 16.2 Å². The molecule has 3 aromatic rings. The van der Waals surface area contributed by atoms with E-state index in [1.54, 1.807) is 12.4 Å². The molecule has 0 amide bonds. The average Bonchev–Trinajstić information content (AvgIpc) is 2.47. The first-order valence-corrected chi connectivity index (χ1v) is 7.75. The molecule has 2 aromatic carbocycles. The first-order chi connectivity index (χ1) is 10.2. The van der Waals surface area contributed by atoms with Gasteiger partial charge in [0.2, 0.25) is 0 Å². The van der Waals surface area contributed by atoms with Crippen molar-refractivity contribution in [3.05, 3.63) is 76.5 Å². The number of aromatic nitrogens is 1. The zero-order chi connectivity index (χ0) is 14.7. The number of benzene rings is 2. The van der Waals surface area contributed by atoms with Gasteiger partial charge in [0.05, 0.1) is 6.10 Å². The van der Waals surface area contributed by atoms with Crippen LogP contribution < -0.4 is 0 Å². The smallest absolute Gasteiger partial charge is 0.0621 e. The van der Waals surface area contributed by atoms with E-state index in [2.05, 4.69) is 51.2 Å². The van der Waals surface area contributed by atoms with E-state index in [1.165, 1.54) is 10.8 Å². The van der Waals surface area contributed by atoms with Crippen LogP contribution in [0.15, 0.2) is 65.4 Å². The molecule has 21 heavy (non-hydrogen) atoms. The summed E-state index contributed by atoms with van der Waals surface area (Å²) in [5, 5.41) is 12.7. The van der Waals surface area contributed by atoms with Gasteiger partial charge in [0, 0.05) is 23.3 Å². The SMILES string of the molecule is OC(Cc1cncc(Br)c1)Cc1ccc2ccccc2c1. The van der Waals surface area contributed by atoms with Gasteiger partial charge in [-0.3, -0.25) is 4.98 Å². The summed E-state index contributed by atoms with van der Waals surface area (Å²) < 4.78 is 0.943. The van der Waals surface area contributed by atoms with Gasteiger partial charge in [-0.15, -0.1) is 0 Å². The molecule has 106 valence electrons. The lowest BCUT2D eigenvalue weighted by Crippen LogP contribution is -2.14. The summed E-state index contributed by atoms with van der Waals surface area (Å²) in [5.41, 5.74) is 2.20. The summed E-state index contributed by atoms with van der Waals surface area (Å²) in [6, 6.07) is 16.6. The first-order valence-electron chi connectivity index (χ1n) is 6.96. The predicted molar refractivity (Wildman–Crippen MR) is 89.3 cm³/mol. The topological polar surface area (TPSA) is 33.1 Å². The van der Waals surface area contributed by atoms with Gasteiger partial charge in [-0.25, -0.2) is 0 Å². The molecule has 1 aromatic heterocycles. The van der Waals surface area contributed by atoms with Gasteiger partial charge in [-0.05, 0) is 50.3 Å². The molecular formula is C18H16BrNO. The Bertz CT molecular complexity index is 757. The molecule has 1 atom stereocenters. The van der Waals surface area contributed by atoms with Crippen molar-refractivity contribution in [1.82, 2.24) is 4.98 Å². The van der Waals surface area contributed by atoms with Crippen LogP contribution in [0.4, 0.5) is 0 Å². The Morgan fingerprint density at radius 1 is 0.905 bits per heavy atom. The van der Waals surface area contributed by atoms with Crippen molar-refractivity contribution in [3.8, 4) is 0 Å². The highest BCUT2D eigenvalue weighted by Gasteiger charge is 2.08. The quantitative estimate of drug-likeness (QED) is 0.773. The fourth-order valence-corrected chi connectivity index (χ4v) is 2.96. The first kappa shape index (κ1) is 14.2. The maximum absolute atomic E-state index is 10.3. The summed E-state index contributed by atoms with van der Waals surface area (Å²) in [4.78, 5) is 4.13. The molecule has 3 rings (SSSR count). The van der Waals surface area contributed by atoms with Crippen LogP contribution in [-0.2, 0) is 12.8 Å². The number of pyridine rings is 1. The Balaban J connectivity index is 1.72. The van der Waals surface area contributed by atoms with Gasteiger partial charge >= 0.3 is 0 Å². The molecule has 0 spiro atoms. The number of rotatable bonds is 4. The number of aliphatic hydroxyl groups excluding tert-OH is 1. The second-order valence-corrected chi connectivity index (χ2v) is 6.17. The third kappa shape index (κ3) is 3.69. The van der Waals surface area contributed by atoms with Crippen LogP contribution in [0.5, 0.6) is 0 Å². The van der Waals surface area contributed by atoms with E-state index in [4.69, 9.17) is 0 Å². The second-order valence-electron chi connectivity index (χ2n) is 5.25. The van der Waals surface area contributed by atoms with Crippen LogP contribution in [0.2, 0.25) is 0 Å². The van der Waals surface area contributed by atoms with Gasteiger partial charge in [0.25, 0.3) is 0 Å². The Morgan fingerprint density at radius 3 is 2.48 bits per heavy atom. The summed E-state index contributed by atoms with van der Waals surface area (Å²) in [6.07, 6.45) is 4.41. The largest absolute Gasteiger partial charge is 0.392 e. The van der Waals surface area contributed by atoms with Gasteiger partial charge in [-0.2, -0.15) is 0 Å². The minimum absolute atomic E-state index is 0.401. The van der Waals surface area contributed by atoms with E-state index in [9.17, 15) is 5.11 Å². The normalized spacial score (nSPS) is 12.5. The van der Waals surface area contributed by atoms with Crippen LogP contribution >= 0.6 is 15.9 Å². The number of aliphatic hydroxyl groups is 1. The summed E-state index contributed by atoms with van der Waals surface area (Å²) in [7, 11) is 0. The molecule has 0 fully saturated rings. The van der Waals surface area contributed by atoms with E-state index < -0.39 is 6.10 Å². The Labute approximate surface area is 132 Å². The van der Waals surface area contributed by atoms with E-state index in [0.29, 0.717) is 12.8 Å². The fourth-order valence-electron chi connectivity index (χ4n) is 2.55. The average molecular weight is 342 g/mol. The third-order valence-corrected chi connectivity index (χ3v) is 3.95. The second kappa shape index (κ2) is 6.37. The number of fused-ring (bicyclic) bond motifs is 1. The Kier molecular flexibility index (Phi) is 4.32. The Morgan fingerprint density at radius 2 is 1.67 bits per heavy atom. The van der Waals surface area contributed by atoms with Crippen molar-refractivity contribution in [2.45, 2.75) is 18.9 Å². The fraction of sp³-hybridized carbons (Fsp3) is 0.167. The molecule has 0 aliphatic rings. The number of hydrogen-bond donors (Lipinski definition) is 1. The lowest BCUT2D eigenvalue weighted by molar-refractivity contribution is 0.175. The zero-order valence-corrected chi connectivity index (χ0v) is 13.1. The molecule has 1 unspecified atom stereocenters. The highest BCUT2D eigenvalue weighted by molar-refractivity contribution is 9.10. The van der Waals surface area contributed by atoms with E-state index in [-0.39, 0.29) is 0 Å². The standard InChI is InChI=1S/C18H16BrNO/c19-17-8-14(11-20-12-17)10-18(21)9-13-5-6-15-3-1-2-4-16(15)7-13/h1-8,11-12,18,21H,9-10H2. The van der Waals surface area contributed by atoms with Crippen molar-refractivity contribution in [2.24, 2.45) is 0 Å². The molecule has 0 aliphatic heterocycles. The lowest BCUT2D eigenvalue weighted by atomic mass is 10.00. The van der Waals surface area contributed by atoms with Crippen molar-refractivity contribution in [1.29, 1.82) is 0 Å².